The Kier molecular flexibility index (Phi) is 12.9. The summed E-state index contributed by atoms with van der Waals surface area (Å²) in [5.41, 5.74) is 2.29. The summed E-state index contributed by atoms with van der Waals surface area (Å²) in [6.07, 6.45) is 3.50. The van der Waals surface area contributed by atoms with Crippen LogP contribution >= 0.6 is 11.8 Å². The molecule has 0 radical (unpaired) electrons. The van der Waals surface area contributed by atoms with Crippen molar-refractivity contribution >= 4 is 52.9 Å². The molecule has 4 aliphatic rings. The van der Waals surface area contributed by atoms with Crippen molar-refractivity contribution in [1.82, 2.24) is 20.0 Å². The number of benzene rings is 2. The molecule has 3 saturated heterocycles. The summed E-state index contributed by atoms with van der Waals surface area (Å²) in [6, 6.07) is 11.8. The molecular formula is C37H45N5O9S. The smallest absolute Gasteiger partial charge is 0.263 e. The molecule has 6 rings (SSSR count). The minimum absolute atomic E-state index is 0.00698. The van der Waals surface area contributed by atoms with Gasteiger partial charge in [0.05, 0.1) is 44.2 Å². The summed E-state index contributed by atoms with van der Waals surface area (Å²) >= 11 is 1.38. The third-order valence-electron chi connectivity index (χ3n) is 9.64. The molecule has 6 amide bonds. The maximum atomic E-state index is 13.2. The second-order valence-corrected chi connectivity index (χ2v) is 14.2. The van der Waals surface area contributed by atoms with Gasteiger partial charge < -0.3 is 28.9 Å². The monoisotopic (exact) mass is 735 g/mol. The van der Waals surface area contributed by atoms with Crippen molar-refractivity contribution in [3.63, 3.8) is 0 Å². The lowest BCUT2D eigenvalue weighted by atomic mass is 10.0. The lowest BCUT2D eigenvalue weighted by molar-refractivity contribution is -0.137. The van der Waals surface area contributed by atoms with Crippen LogP contribution < -0.4 is 10.2 Å². The van der Waals surface area contributed by atoms with E-state index in [1.807, 2.05) is 34.1 Å². The molecule has 0 aliphatic carbocycles. The van der Waals surface area contributed by atoms with Gasteiger partial charge in [-0.25, -0.2) is 0 Å². The molecule has 0 saturated carbocycles. The maximum absolute atomic E-state index is 13.2. The SMILES string of the molecule is O=C1CCC(N2C(=O)c3cccc(SCCOCCOCCOCC(=O)N4CCN(c5ccc(C(=O)N6CCCCC6)cc5)CC4)c3C2=O)C(=O)N1. The zero-order valence-corrected chi connectivity index (χ0v) is 30.0. The van der Waals surface area contributed by atoms with Crippen LogP contribution in [0.25, 0.3) is 0 Å². The third-order valence-corrected chi connectivity index (χ3v) is 10.7. The molecule has 3 fully saturated rings. The van der Waals surface area contributed by atoms with Gasteiger partial charge in [0, 0.05) is 67.6 Å². The van der Waals surface area contributed by atoms with Gasteiger partial charge in [-0.2, -0.15) is 0 Å². The number of hydrogen-bond donors (Lipinski definition) is 1. The van der Waals surface area contributed by atoms with Crippen molar-refractivity contribution in [3.05, 3.63) is 59.2 Å². The van der Waals surface area contributed by atoms with E-state index in [0.29, 0.717) is 63.3 Å². The first-order chi connectivity index (χ1) is 25.3. The van der Waals surface area contributed by atoms with E-state index in [9.17, 15) is 28.8 Å². The van der Waals surface area contributed by atoms with Crippen LogP contribution in [0.5, 0.6) is 0 Å². The van der Waals surface area contributed by atoms with Crippen molar-refractivity contribution in [2.24, 2.45) is 0 Å². The fourth-order valence-corrected chi connectivity index (χ4v) is 7.75. The van der Waals surface area contributed by atoms with Crippen LogP contribution in [-0.4, -0.2) is 141 Å². The van der Waals surface area contributed by atoms with E-state index < -0.39 is 29.7 Å². The molecule has 0 bridgehead atoms. The number of nitrogens with zero attached hydrogens (tertiary/aromatic N) is 4. The minimum Gasteiger partial charge on any atom is -0.378 e. The summed E-state index contributed by atoms with van der Waals surface area (Å²) in [5, 5.41) is 2.21. The Hall–Kier alpha value is -4.31. The highest BCUT2D eigenvalue weighted by Crippen LogP contribution is 2.34. The van der Waals surface area contributed by atoms with Gasteiger partial charge in [0.1, 0.15) is 12.6 Å². The van der Waals surface area contributed by atoms with Crippen molar-refractivity contribution in [1.29, 1.82) is 0 Å². The number of imide groups is 2. The predicted molar refractivity (Wildman–Crippen MR) is 191 cm³/mol. The number of piperidine rings is 2. The zero-order valence-electron chi connectivity index (χ0n) is 29.2. The van der Waals surface area contributed by atoms with Crippen LogP contribution in [0.3, 0.4) is 0 Å². The quantitative estimate of drug-likeness (QED) is 0.163. The largest absolute Gasteiger partial charge is 0.378 e. The van der Waals surface area contributed by atoms with Crippen LogP contribution in [0.4, 0.5) is 5.69 Å². The molecule has 52 heavy (non-hydrogen) atoms. The summed E-state index contributed by atoms with van der Waals surface area (Å²) in [6.45, 7) is 5.98. The number of hydrogen-bond acceptors (Lipinski definition) is 11. The van der Waals surface area contributed by atoms with Gasteiger partial charge in [-0.1, -0.05) is 6.07 Å². The number of amides is 6. The molecule has 1 atom stereocenters. The van der Waals surface area contributed by atoms with E-state index in [1.165, 1.54) is 18.2 Å². The summed E-state index contributed by atoms with van der Waals surface area (Å²) in [5.74, 6) is -1.53. The molecule has 15 heteroatoms. The van der Waals surface area contributed by atoms with Gasteiger partial charge in [-0.3, -0.25) is 39.0 Å². The van der Waals surface area contributed by atoms with E-state index >= 15 is 0 Å². The van der Waals surface area contributed by atoms with E-state index in [-0.39, 0.29) is 49.0 Å². The van der Waals surface area contributed by atoms with E-state index in [4.69, 9.17) is 14.2 Å². The number of rotatable bonds is 15. The number of fused-ring (bicyclic) bond motifs is 1. The van der Waals surface area contributed by atoms with Crippen molar-refractivity contribution in [2.75, 3.05) is 89.6 Å². The van der Waals surface area contributed by atoms with Gasteiger partial charge in [0.2, 0.25) is 17.7 Å². The van der Waals surface area contributed by atoms with Crippen LogP contribution in [0.1, 0.15) is 63.2 Å². The van der Waals surface area contributed by atoms with E-state index in [1.54, 1.807) is 18.2 Å². The van der Waals surface area contributed by atoms with Gasteiger partial charge in [0.15, 0.2) is 0 Å². The second kappa shape index (κ2) is 17.9. The standard InChI is InChI=1S/C37H45N5O9S/c43-31-12-11-29(34(45)38-31)42-36(47)28-5-4-6-30(33(28)37(42)48)52-24-23-50-20-19-49-21-22-51-25-32(44)40-17-15-39(16-18-40)27-9-7-26(8-10-27)35(46)41-13-2-1-3-14-41/h4-10,29H,1-3,11-25H2,(H,38,43,45). The minimum atomic E-state index is -1.00. The number of ether oxygens (including phenoxy) is 3. The molecule has 1 unspecified atom stereocenters. The van der Waals surface area contributed by atoms with E-state index in [0.717, 1.165) is 42.1 Å². The van der Waals surface area contributed by atoms with Crippen molar-refractivity contribution < 1.29 is 43.0 Å². The van der Waals surface area contributed by atoms with Crippen molar-refractivity contribution in [3.8, 4) is 0 Å². The summed E-state index contributed by atoms with van der Waals surface area (Å²) in [7, 11) is 0. The molecular weight excluding hydrogens is 690 g/mol. The fourth-order valence-electron chi connectivity index (χ4n) is 6.81. The molecule has 4 aliphatic heterocycles. The number of carbonyl (C=O) groups excluding carboxylic acids is 6. The fraction of sp³-hybridized carbons (Fsp3) is 0.514. The van der Waals surface area contributed by atoms with Crippen LogP contribution in [0, 0.1) is 0 Å². The number of likely N-dealkylation sites (tertiary alicyclic amines) is 1. The molecule has 0 spiro atoms. The topological polar surface area (TPSA) is 155 Å². The van der Waals surface area contributed by atoms with Crippen LogP contribution in [0.2, 0.25) is 0 Å². The first-order valence-electron chi connectivity index (χ1n) is 17.9. The number of carbonyl (C=O) groups is 6. The molecule has 1 N–H and O–H groups in total. The number of anilines is 1. The maximum Gasteiger partial charge on any atom is 0.263 e. The van der Waals surface area contributed by atoms with Crippen LogP contribution in [-0.2, 0) is 28.6 Å². The Morgan fingerprint density at radius 2 is 1.44 bits per heavy atom. The Labute approximate surface area is 307 Å². The molecule has 4 heterocycles. The summed E-state index contributed by atoms with van der Waals surface area (Å²) in [4.78, 5) is 83.1. The Balaban J connectivity index is 0.803. The molecule has 0 aromatic heterocycles. The molecule has 14 nitrogen and oxygen atoms in total. The Bertz CT molecular complexity index is 1640. The normalized spacial score (nSPS) is 19.3. The third kappa shape index (κ3) is 9.00. The molecule has 278 valence electrons. The average molecular weight is 736 g/mol. The highest BCUT2D eigenvalue weighted by Gasteiger charge is 2.45. The zero-order chi connectivity index (χ0) is 36.5. The van der Waals surface area contributed by atoms with Gasteiger partial charge in [-0.15, -0.1) is 11.8 Å². The Morgan fingerprint density at radius 1 is 0.750 bits per heavy atom. The number of piperazine rings is 1. The molecule has 2 aromatic rings. The van der Waals surface area contributed by atoms with Gasteiger partial charge in [0.25, 0.3) is 17.7 Å². The number of nitrogens with one attached hydrogen (secondary N) is 1. The molecule has 2 aromatic carbocycles. The van der Waals surface area contributed by atoms with E-state index in [2.05, 4.69) is 10.2 Å². The predicted octanol–water partition coefficient (Wildman–Crippen LogP) is 2.20. The van der Waals surface area contributed by atoms with Crippen molar-refractivity contribution in [2.45, 2.75) is 43.0 Å². The van der Waals surface area contributed by atoms with Gasteiger partial charge in [-0.05, 0) is 62.1 Å². The highest BCUT2D eigenvalue weighted by molar-refractivity contribution is 7.99. The highest BCUT2D eigenvalue weighted by atomic mass is 32.2. The van der Waals surface area contributed by atoms with Crippen LogP contribution in [0.15, 0.2) is 47.4 Å². The number of thioether (sulfide) groups is 1. The second-order valence-electron chi connectivity index (χ2n) is 13.0. The lowest BCUT2D eigenvalue weighted by Gasteiger charge is -2.36. The lowest BCUT2D eigenvalue weighted by Crippen LogP contribution is -2.54. The summed E-state index contributed by atoms with van der Waals surface area (Å²) < 4.78 is 16.8. The Morgan fingerprint density at radius 3 is 2.15 bits per heavy atom. The first-order valence-corrected chi connectivity index (χ1v) is 18.9. The average Bonchev–Trinajstić information content (AvgIpc) is 3.43. The first kappa shape index (κ1) is 37.4. The van der Waals surface area contributed by atoms with Gasteiger partial charge >= 0.3 is 0 Å².